The van der Waals surface area contributed by atoms with Crippen molar-refractivity contribution in [2.24, 2.45) is 0 Å². The van der Waals surface area contributed by atoms with E-state index in [2.05, 4.69) is 269 Å². The number of nitrogens with zero attached hydrogens (tertiary/aromatic N) is 4. The van der Waals surface area contributed by atoms with Gasteiger partial charge in [0, 0.05) is 44.4 Å². The van der Waals surface area contributed by atoms with Gasteiger partial charge in [-0.15, -0.1) is 0 Å². The molecule has 0 amide bonds. The van der Waals surface area contributed by atoms with Gasteiger partial charge < -0.3 is 4.57 Å². The summed E-state index contributed by atoms with van der Waals surface area (Å²) in [6.45, 7) is 26.3. The molecule has 4 heteroatoms. The Kier molecular flexibility index (Phi) is 11.7. The fraction of sp³-hybridized carbons (Fsp3) is 0.236. The highest BCUT2D eigenvalue weighted by Crippen LogP contribution is 2.53. The van der Waals surface area contributed by atoms with E-state index in [-0.39, 0.29) is 22.2 Å². The Labute approximate surface area is 450 Å². The van der Waals surface area contributed by atoms with E-state index >= 15 is 0 Å². The van der Waals surface area contributed by atoms with Crippen molar-refractivity contribution in [1.82, 2.24) is 19.5 Å². The largest absolute Gasteiger partial charge is 0.307 e. The van der Waals surface area contributed by atoms with E-state index < -0.39 is 5.41 Å². The minimum absolute atomic E-state index is 0.0187. The van der Waals surface area contributed by atoms with Gasteiger partial charge in [0.2, 0.25) is 0 Å². The molecular weight excluding hydrogens is 921 g/mol. The van der Waals surface area contributed by atoms with E-state index in [9.17, 15) is 0 Å². The Balaban J connectivity index is 1.30. The first-order chi connectivity index (χ1) is 36.3. The third-order valence-electron chi connectivity index (χ3n) is 16.2. The molecule has 0 radical (unpaired) electrons. The van der Waals surface area contributed by atoms with Crippen molar-refractivity contribution in [3.05, 3.63) is 228 Å². The van der Waals surface area contributed by atoms with Gasteiger partial charge in [-0.3, -0.25) is 0 Å². The van der Waals surface area contributed by atoms with Crippen LogP contribution >= 0.6 is 0 Å². The maximum absolute atomic E-state index is 5.47. The lowest BCUT2D eigenvalue weighted by molar-refractivity contribution is 0.572. The van der Waals surface area contributed by atoms with Crippen molar-refractivity contribution in [2.75, 3.05) is 0 Å². The first-order valence-corrected chi connectivity index (χ1v) is 27.2. The third-order valence-corrected chi connectivity index (χ3v) is 16.2. The summed E-state index contributed by atoms with van der Waals surface area (Å²) >= 11 is 0. The monoisotopic (exact) mass is 989 g/mol. The molecule has 0 spiro atoms. The van der Waals surface area contributed by atoms with E-state index in [0.717, 1.165) is 51.3 Å². The maximum Gasteiger partial charge on any atom is 0.163 e. The molecule has 0 fully saturated rings. The molecular formula is C72H68N4. The lowest BCUT2D eigenvalue weighted by Crippen LogP contribution is -2.23. The van der Waals surface area contributed by atoms with Crippen LogP contribution in [0.25, 0.3) is 94.8 Å². The van der Waals surface area contributed by atoms with Gasteiger partial charge in [0.1, 0.15) is 5.82 Å². The van der Waals surface area contributed by atoms with E-state index in [1.807, 2.05) is 6.07 Å². The van der Waals surface area contributed by atoms with Gasteiger partial charge in [0.25, 0.3) is 0 Å². The second-order valence-electron chi connectivity index (χ2n) is 24.9. The highest BCUT2D eigenvalue weighted by Gasteiger charge is 2.37. The van der Waals surface area contributed by atoms with E-state index in [1.165, 1.54) is 71.9 Å². The van der Waals surface area contributed by atoms with Crippen LogP contribution in [0.1, 0.15) is 122 Å². The molecule has 76 heavy (non-hydrogen) atoms. The van der Waals surface area contributed by atoms with Crippen LogP contribution in [0.5, 0.6) is 0 Å². The molecule has 0 saturated heterocycles. The average Bonchev–Trinajstić information content (AvgIpc) is 3.80. The normalized spacial score (nSPS) is 15.1. The highest BCUT2D eigenvalue weighted by molar-refractivity contribution is 6.14. The van der Waals surface area contributed by atoms with Gasteiger partial charge in [-0.25, -0.2) is 15.0 Å². The Morgan fingerprint density at radius 3 is 1.54 bits per heavy atom. The second-order valence-corrected chi connectivity index (χ2v) is 24.9. The molecule has 1 unspecified atom stereocenters. The summed E-state index contributed by atoms with van der Waals surface area (Å²) < 4.78 is 2.71. The smallest absolute Gasteiger partial charge is 0.163 e. The predicted molar refractivity (Wildman–Crippen MR) is 321 cm³/mol. The fourth-order valence-electron chi connectivity index (χ4n) is 11.7. The van der Waals surface area contributed by atoms with Crippen LogP contribution in [0.15, 0.2) is 194 Å². The summed E-state index contributed by atoms with van der Waals surface area (Å²) in [5.41, 5.74) is 20.5. The molecule has 2 aliphatic rings. The summed E-state index contributed by atoms with van der Waals surface area (Å²) in [4.78, 5) is 16.1. The van der Waals surface area contributed by atoms with Gasteiger partial charge in [-0.1, -0.05) is 240 Å². The first kappa shape index (κ1) is 49.0. The predicted octanol–water partition coefficient (Wildman–Crippen LogP) is 19.1. The molecule has 2 bridgehead atoms. The molecule has 1 aliphatic heterocycles. The van der Waals surface area contributed by atoms with E-state index in [4.69, 9.17) is 15.0 Å². The van der Waals surface area contributed by atoms with Crippen LogP contribution in [0.2, 0.25) is 0 Å². The summed E-state index contributed by atoms with van der Waals surface area (Å²) in [7, 11) is 0. The molecule has 12 rings (SSSR count). The van der Waals surface area contributed by atoms with Crippen LogP contribution < -0.4 is 0 Å². The molecule has 1 aliphatic carbocycles. The standard InChI is InChI=1S/C72H68N4/c1-69(2,3)53-41-58-59-42-54(70(4,5)6)44-62-65(59)76(64(58)61(43-53)71(7,8)9)63-56(48-34-32-46(33-35-48)45-24-16-12-17-25-45)38-52(39-57(63)51-36-37-55(47-26-18-13-19-27-47)60(40-51)72(62,10)11)68-74-66(49-28-20-14-21-29-49)73-67(75-68)50-30-22-15-23-31-50/h12-30,32-44,50H,31H2,1-11H3. The van der Waals surface area contributed by atoms with Crippen LogP contribution in [0.3, 0.4) is 0 Å². The Hall–Kier alpha value is -7.95. The fourth-order valence-corrected chi connectivity index (χ4v) is 11.7. The van der Waals surface area contributed by atoms with Gasteiger partial charge in [0.05, 0.1) is 16.7 Å². The zero-order chi connectivity index (χ0) is 52.9. The van der Waals surface area contributed by atoms with Crippen LogP contribution in [-0.4, -0.2) is 19.5 Å². The average molecular weight is 989 g/mol. The van der Waals surface area contributed by atoms with Crippen LogP contribution in [0.4, 0.5) is 0 Å². The summed E-state index contributed by atoms with van der Waals surface area (Å²) in [6.07, 6.45) is 9.48. The highest BCUT2D eigenvalue weighted by atomic mass is 15.0. The maximum atomic E-state index is 5.47. The number of benzene rings is 8. The molecule has 376 valence electrons. The quantitative estimate of drug-likeness (QED) is 0.167. The molecule has 4 nitrogen and oxygen atoms in total. The molecule has 10 aromatic rings. The van der Waals surface area contributed by atoms with Gasteiger partial charge in [0.15, 0.2) is 11.6 Å². The SMILES string of the molecule is CC(C)(C)c1cc(C(C)(C)C)c2c(c1)c1cc(C(C)(C)C)cc3c1n2-c1c(-c2ccc(-c4ccccc4)cc2)cc(-c2nc(-c4ccccc4)nc(C4C=CC=CC4)n2)cc1-c1ccc(-c2ccccc2)c(c1)C3(C)C. The summed E-state index contributed by atoms with van der Waals surface area (Å²) in [5, 5.41) is 2.57. The molecule has 1 atom stereocenters. The zero-order valence-corrected chi connectivity index (χ0v) is 46.0. The van der Waals surface area contributed by atoms with E-state index in [0.29, 0.717) is 11.6 Å². The second kappa shape index (κ2) is 18.1. The number of fused-ring (bicyclic) bond motifs is 8. The van der Waals surface area contributed by atoms with Gasteiger partial charge >= 0.3 is 0 Å². The number of aromatic nitrogens is 4. The van der Waals surface area contributed by atoms with Crippen molar-refractivity contribution in [3.8, 4) is 73.0 Å². The van der Waals surface area contributed by atoms with Crippen molar-refractivity contribution >= 4 is 21.8 Å². The van der Waals surface area contributed by atoms with Crippen LogP contribution in [-0.2, 0) is 21.7 Å². The Morgan fingerprint density at radius 2 is 0.947 bits per heavy atom. The van der Waals surface area contributed by atoms with Crippen molar-refractivity contribution < 1.29 is 0 Å². The minimum atomic E-state index is -0.473. The summed E-state index contributed by atoms with van der Waals surface area (Å²) in [5.74, 6) is 2.11. The molecule has 0 N–H and O–H groups in total. The topological polar surface area (TPSA) is 43.6 Å². The van der Waals surface area contributed by atoms with Crippen molar-refractivity contribution in [3.63, 3.8) is 0 Å². The van der Waals surface area contributed by atoms with Crippen molar-refractivity contribution in [2.45, 2.75) is 110 Å². The lowest BCUT2D eigenvalue weighted by atomic mass is 9.72. The molecule has 3 heterocycles. The molecule has 0 saturated carbocycles. The number of rotatable bonds is 6. The van der Waals surface area contributed by atoms with Gasteiger partial charge in [-0.05, 0) is 114 Å². The third kappa shape index (κ3) is 8.53. The van der Waals surface area contributed by atoms with Gasteiger partial charge in [-0.2, -0.15) is 0 Å². The number of hydrogen-bond donors (Lipinski definition) is 0. The lowest BCUT2D eigenvalue weighted by Gasteiger charge is -2.32. The van der Waals surface area contributed by atoms with E-state index in [1.54, 1.807) is 0 Å². The molecule has 2 aromatic heterocycles. The van der Waals surface area contributed by atoms with Crippen molar-refractivity contribution in [1.29, 1.82) is 0 Å². The Morgan fingerprint density at radius 1 is 0.434 bits per heavy atom. The first-order valence-electron chi connectivity index (χ1n) is 27.2. The summed E-state index contributed by atoms with van der Waals surface area (Å²) in [6, 6.07) is 63.4. The molecule has 8 aromatic carbocycles. The number of hydrogen-bond acceptors (Lipinski definition) is 3. The van der Waals surface area contributed by atoms with Crippen LogP contribution in [0, 0.1) is 0 Å². The zero-order valence-electron chi connectivity index (χ0n) is 46.0. The number of allylic oxidation sites excluding steroid dienone is 4. The Bertz CT molecular complexity index is 3940. The minimum Gasteiger partial charge on any atom is -0.307 e.